The molecule has 16 heavy (non-hydrogen) atoms. The molecule has 3 atom stereocenters. The van der Waals surface area contributed by atoms with Gasteiger partial charge in [-0.25, -0.2) is 0 Å². The second kappa shape index (κ2) is 4.21. The van der Waals surface area contributed by atoms with Gasteiger partial charge >= 0.3 is 0 Å². The molecule has 0 heterocycles. The van der Waals surface area contributed by atoms with E-state index in [-0.39, 0.29) is 0 Å². The number of nitrogens with one attached hydrogen (secondary N) is 1. The molecule has 2 aliphatic carbocycles. The van der Waals surface area contributed by atoms with E-state index >= 15 is 0 Å². The topological polar surface area (TPSA) is 12.0 Å². The van der Waals surface area contributed by atoms with Crippen LogP contribution in [0.4, 0.5) is 0 Å². The van der Waals surface area contributed by atoms with Gasteiger partial charge in [0.2, 0.25) is 0 Å². The molecule has 1 aromatic rings. The van der Waals surface area contributed by atoms with E-state index in [1.54, 1.807) is 0 Å². The second-order valence-electron chi connectivity index (χ2n) is 5.38. The Labute approximate surface area is 98.3 Å². The molecule has 0 bridgehead atoms. The molecule has 0 spiro atoms. The summed E-state index contributed by atoms with van der Waals surface area (Å²) in [5.74, 6) is 1.77. The van der Waals surface area contributed by atoms with Crippen molar-refractivity contribution in [1.29, 1.82) is 0 Å². The fourth-order valence-corrected chi connectivity index (χ4v) is 2.81. The Hall–Kier alpha value is -0.820. The molecule has 2 aliphatic rings. The quantitative estimate of drug-likeness (QED) is 0.794. The summed E-state index contributed by atoms with van der Waals surface area (Å²) in [4.78, 5) is 0. The van der Waals surface area contributed by atoms with Crippen LogP contribution in [0.3, 0.4) is 0 Å². The number of rotatable bonds is 5. The normalized spacial score (nSPS) is 30.1. The van der Waals surface area contributed by atoms with Crippen LogP contribution >= 0.6 is 0 Å². The van der Waals surface area contributed by atoms with Crippen molar-refractivity contribution < 1.29 is 0 Å². The van der Waals surface area contributed by atoms with Crippen molar-refractivity contribution in [3.8, 4) is 0 Å². The summed E-state index contributed by atoms with van der Waals surface area (Å²) >= 11 is 0. The molecule has 3 rings (SSSR count). The largest absolute Gasteiger partial charge is 0.310 e. The van der Waals surface area contributed by atoms with Gasteiger partial charge in [0.25, 0.3) is 0 Å². The highest BCUT2D eigenvalue weighted by atomic mass is 15.0. The highest BCUT2D eigenvalue weighted by molar-refractivity contribution is 5.27. The van der Waals surface area contributed by atoms with Crippen molar-refractivity contribution in [2.75, 3.05) is 0 Å². The maximum absolute atomic E-state index is 3.85. The molecular formula is C15H21N. The van der Waals surface area contributed by atoms with E-state index < -0.39 is 0 Å². The van der Waals surface area contributed by atoms with Gasteiger partial charge in [-0.3, -0.25) is 0 Å². The fourth-order valence-electron chi connectivity index (χ4n) is 2.81. The first-order valence-electron chi connectivity index (χ1n) is 6.69. The lowest BCUT2D eigenvalue weighted by Gasteiger charge is -2.16. The summed E-state index contributed by atoms with van der Waals surface area (Å²) in [7, 11) is 0. The maximum atomic E-state index is 3.85. The van der Waals surface area contributed by atoms with Crippen LogP contribution in [0.1, 0.15) is 44.1 Å². The molecule has 3 unspecified atom stereocenters. The molecule has 0 aliphatic heterocycles. The number of hydrogen-bond acceptors (Lipinski definition) is 1. The molecule has 0 saturated heterocycles. The Morgan fingerprint density at radius 3 is 2.62 bits per heavy atom. The summed E-state index contributed by atoms with van der Waals surface area (Å²) < 4.78 is 0. The first kappa shape index (κ1) is 10.3. The van der Waals surface area contributed by atoms with Gasteiger partial charge in [-0.05, 0) is 37.2 Å². The Bertz CT molecular complexity index is 342. The van der Waals surface area contributed by atoms with E-state index in [2.05, 4.69) is 42.6 Å². The minimum absolute atomic E-state index is 0.757. The fraction of sp³-hybridized carbons (Fsp3) is 0.600. The highest BCUT2D eigenvalue weighted by Gasteiger charge is 2.41. The van der Waals surface area contributed by atoms with E-state index in [9.17, 15) is 0 Å². The Morgan fingerprint density at radius 1 is 1.25 bits per heavy atom. The Morgan fingerprint density at radius 2 is 2.00 bits per heavy atom. The lowest BCUT2D eigenvalue weighted by Crippen LogP contribution is -2.32. The summed E-state index contributed by atoms with van der Waals surface area (Å²) in [6, 6.07) is 12.5. The van der Waals surface area contributed by atoms with Gasteiger partial charge in [0.05, 0.1) is 0 Å². The summed E-state index contributed by atoms with van der Waals surface area (Å²) in [6.07, 6.45) is 5.54. The van der Waals surface area contributed by atoms with Crippen LogP contribution < -0.4 is 5.32 Å². The average Bonchev–Trinajstić information content (AvgIpc) is 3.20. The molecule has 2 fully saturated rings. The molecule has 1 heteroatoms. The first-order valence-corrected chi connectivity index (χ1v) is 6.69. The van der Waals surface area contributed by atoms with Crippen LogP contribution in [0.2, 0.25) is 0 Å². The van der Waals surface area contributed by atoms with Crippen LogP contribution in [0.15, 0.2) is 30.3 Å². The van der Waals surface area contributed by atoms with E-state index in [1.807, 2.05) is 0 Å². The van der Waals surface area contributed by atoms with Gasteiger partial charge in [-0.1, -0.05) is 37.3 Å². The third-order valence-electron chi connectivity index (χ3n) is 4.08. The zero-order chi connectivity index (χ0) is 11.0. The van der Waals surface area contributed by atoms with E-state index in [4.69, 9.17) is 0 Å². The highest BCUT2D eigenvalue weighted by Crippen LogP contribution is 2.43. The zero-order valence-corrected chi connectivity index (χ0v) is 10.0. The predicted molar refractivity (Wildman–Crippen MR) is 67.5 cm³/mol. The van der Waals surface area contributed by atoms with Crippen molar-refractivity contribution in [3.05, 3.63) is 35.9 Å². The van der Waals surface area contributed by atoms with Gasteiger partial charge in [0.15, 0.2) is 0 Å². The standard InChI is InChI=1S/C15H21N/c1-2-14(12-8-9-12)16-15-10-13(15)11-6-4-3-5-7-11/h3-7,12-16H,2,8-10H2,1H3. The van der Waals surface area contributed by atoms with Gasteiger partial charge < -0.3 is 5.32 Å². The molecule has 1 aromatic carbocycles. The minimum Gasteiger partial charge on any atom is -0.310 e. The van der Waals surface area contributed by atoms with E-state index in [0.717, 1.165) is 23.9 Å². The third-order valence-corrected chi connectivity index (χ3v) is 4.08. The Balaban J connectivity index is 1.56. The second-order valence-corrected chi connectivity index (χ2v) is 5.38. The SMILES string of the molecule is CCC(NC1CC1c1ccccc1)C1CC1. The molecule has 0 aromatic heterocycles. The number of hydrogen-bond donors (Lipinski definition) is 1. The lowest BCUT2D eigenvalue weighted by atomic mass is 10.1. The van der Waals surface area contributed by atoms with Crippen LogP contribution in [0.25, 0.3) is 0 Å². The summed E-state index contributed by atoms with van der Waals surface area (Å²) in [5.41, 5.74) is 1.52. The Kier molecular flexibility index (Phi) is 2.72. The van der Waals surface area contributed by atoms with Gasteiger partial charge in [0, 0.05) is 18.0 Å². The smallest absolute Gasteiger partial charge is 0.0145 e. The molecule has 86 valence electrons. The van der Waals surface area contributed by atoms with E-state index in [0.29, 0.717) is 0 Å². The van der Waals surface area contributed by atoms with Gasteiger partial charge in [-0.2, -0.15) is 0 Å². The molecule has 0 amide bonds. The molecule has 1 N–H and O–H groups in total. The van der Waals surface area contributed by atoms with Gasteiger partial charge in [-0.15, -0.1) is 0 Å². The zero-order valence-electron chi connectivity index (χ0n) is 10.0. The molecule has 0 radical (unpaired) electrons. The van der Waals surface area contributed by atoms with Crippen molar-refractivity contribution in [3.63, 3.8) is 0 Å². The van der Waals surface area contributed by atoms with Crippen molar-refractivity contribution >= 4 is 0 Å². The van der Waals surface area contributed by atoms with Crippen molar-refractivity contribution in [2.24, 2.45) is 5.92 Å². The number of benzene rings is 1. The van der Waals surface area contributed by atoms with Crippen LogP contribution in [0, 0.1) is 5.92 Å². The predicted octanol–water partition coefficient (Wildman–Crippen LogP) is 3.32. The average molecular weight is 215 g/mol. The van der Waals surface area contributed by atoms with Crippen LogP contribution in [0.5, 0.6) is 0 Å². The van der Waals surface area contributed by atoms with E-state index in [1.165, 1.54) is 31.2 Å². The van der Waals surface area contributed by atoms with Crippen LogP contribution in [-0.2, 0) is 0 Å². The monoisotopic (exact) mass is 215 g/mol. The maximum Gasteiger partial charge on any atom is 0.0145 e. The molecule has 2 saturated carbocycles. The lowest BCUT2D eigenvalue weighted by molar-refractivity contribution is 0.443. The minimum atomic E-state index is 0.757. The van der Waals surface area contributed by atoms with Gasteiger partial charge in [0.1, 0.15) is 0 Å². The van der Waals surface area contributed by atoms with Crippen molar-refractivity contribution in [2.45, 2.75) is 50.6 Å². The summed E-state index contributed by atoms with van der Waals surface area (Å²) in [5, 5.41) is 3.85. The summed E-state index contributed by atoms with van der Waals surface area (Å²) in [6.45, 7) is 2.32. The molecule has 1 nitrogen and oxygen atoms in total. The molecular weight excluding hydrogens is 194 g/mol. The first-order chi connectivity index (χ1) is 7.88. The van der Waals surface area contributed by atoms with Crippen LogP contribution in [-0.4, -0.2) is 12.1 Å². The third kappa shape index (κ3) is 2.15. The van der Waals surface area contributed by atoms with Crippen molar-refractivity contribution in [1.82, 2.24) is 5.32 Å².